The van der Waals surface area contributed by atoms with E-state index in [1.54, 1.807) is 0 Å². The highest BCUT2D eigenvalue weighted by Crippen LogP contribution is 2.42. The Balaban J connectivity index is 2.28. The van der Waals surface area contributed by atoms with Crippen LogP contribution in [0.2, 0.25) is 0 Å². The SMILES string of the molecule is CCN(C(=O)C1CCCCC1(C)C)c1ccccc1N. The van der Waals surface area contributed by atoms with E-state index >= 15 is 0 Å². The van der Waals surface area contributed by atoms with Crippen LogP contribution in [-0.4, -0.2) is 12.5 Å². The van der Waals surface area contributed by atoms with Gasteiger partial charge in [-0.1, -0.05) is 38.8 Å². The van der Waals surface area contributed by atoms with Gasteiger partial charge in [0.05, 0.1) is 11.4 Å². The first kappa shape index (κ1) is 14.9. The molecule has 1 aliphatic rings. The molecule has 1 saturated carbocycles. The summed E-state index contributed by atoms with van der Waals surface area (Å²) >= 11 is 0. The number of benzene rings is 1. The molecule has 0 bridgehead atoms. The van der Waals surface area contributed by atoms with Gasteiger partial charge in [0.15, 0.2) is 0 Å². The minimum absolute atomic E-state index is 0.0896. The third-order valence-electron chi connectivity index (χ3n) is 4.62. The number of nitrogens with zero attached hydrogens (tertiary/aromatic N) is 1. The Bertz CT molecular complexity index is 482. The van der Waals surface area contributed by atoms with Crippen molar-refractivity contribution in [2.45, 2.75) is 46.5 Å². The molecule has 0 spiro atoms. The summed E-state index contributed by atoms with van der Waals surface area (Å²) in [6, 6.07) is 7.64. The van der Waals surface area contributed by atoms with E-state index in [2.05, 4.69) is 13.8 Å². The Morgan fingerprint density at radius 2 is 2.05 bits per heavy atom. The molecule has 1 fully saturated rings. The molecule has 110 valence electrons. The summed E-state index contributed by atoms with van der Waals surface area (Å²) in [7, 11) is 0. The molecular weight excluding hydrogens is 248 g/mol. The molecule has 2 N–H and O–H groups in total. The summed E-state index contributed by atoms with van der Waals surface area (Å²) in [4.78, 5) is 14.8. The lowest BCUT2D eigenvalue weighted by molar-refractivity contribution is -0.127. The molecule has 1 aromatic rings. The van der Waals surface area contributed by atoms with E-state index < -0.39 is 0 Å². The van der Waals surface area contributed by atoms with Gasteiger partial charge in [0.1, 0.15) is 0 Å². The fourth-order valence-corrected chi connectivity index (χ4v) is 3.32. The van der Waals surface area contributed by atoms with E-state index in [0.717, 1.165) is 24.9 Å². The van der Waals surface area contributed by atoms with E-state index in [-0.39, 0.29) is 17.2 Å². The van der Waals surface area contributed by atoms with E-state index in [4.69, 9.17) is 5.73 Å². The molecule has 1 unspecified atom stereocenters. The first-order chi connectivity index (χ1) is 9.47. The van der Waals surface area contributed by atoms with Gasteiger partial charge in [0, 0.05) is 12.5 Å². The standard InChI is InChI=1S/C17H26N2O/c1-4-19(15-11-6-5-10-14(15)18)16(20)13-9-7-8-12-17(13,2)3/h5-6,10-11,13H,4,7-9,12,18H2,1-3H3. The average molecular weight is 274 g/mol. The molecular formula is C17H26N2O. The number of carbonyl (C=O) groups excluding carboxylic acids is 1. The van der Waals surface area contributed by atoms with Crippen molar-refractivity contribution in [3.05, 3.63) is 24.3 Å². The van der Waals surface area contributed by atoms with E-state index in [0.29, 0.717) is 12.2 Å². The zero-order valence-electron chi connectivity index (χ0n) is 12.9. The zero-order chi connectivity index (χ0) is 14.8. The van der Waals surface area contributed by atoms with Crippen LogP contribution in [0.15, 0.2) is 24.3 Å². The first-order valence-corrected chi connectivity index (χ1v) is 7.63. The van der Waals surface area contributed by atoms with Crippen LogP contribution in [0.3, 0.4) is 0 Å². The Morgan fingerprint density at radius 3 is 2.65 bits per heavy atom. The van der Waals surface area contributed by atoms with Gasteiger partial charge in [0.25, 0.3) is 0 Å². The number of hydrogen-bond donors (Lipinski definition) is 1. The van der Waals surface area contributed by atoms with E-state index in [9.17, 15) is 4.79 Å². The van der Waals surface area contributed by atoms with Gasteiger partial charge in [-0.3, -0.25) is 4.79 Å². The quantitative estimate of drug-likeness (QED) is 0.851. The van der Waals surface area contributed by atoms with Crippen molar-refractivity contribution in [1.82, 2.24) is 0 Å². The first-order valence-electron chi connectivity index (χ1n) is 7.63. The molecule has 20 heavy (non-hydrogen) atoms. The largest absolute Gasteiger partial charge is 0.397 e. The summed E-state index contributed by atoms with van der Waals surface area (Å²) < 4.78 is 0. The third-order valence-corrected chi connectivity index (χ3v) is 4.62. The number of nitrogen functional groups attached to an aromatic ring is 1. The van der Waals surface area contributed by atoms with Gasteiger partial charge in [-0.15, -0.1) is 0 Å². The number of carbonyl (C=O) groups is 1. The lowest BCUT2D eigenvalue weighted by atomic mass is 9.68. The minimum atomic E-state index is 0.0896. The molecule has 3 heteroatoms. The maximum absolute atomic E-state index is 13.0. The molecule has 0 heterocycles. The fraction of sp³-hybridized carbons (Fsp3) is 0.588. The molecule has 0 radical (unpaired) electrons. The van der Waals surface area contributed by atoms with Crippen molar-refractivity contribution < 1.29 is 4.79 Å². The smallest absolute Gasteiger partial charge is 0.230 e. The second kappa shape index (κ2) is 5.86. The molecule has 1 amide bonds. The third kappa shape index (κ3) is 2.82. The van der Waals surface area contributed by atoms with Crippen LogP contribution in [0, 0.1) is 11.3 Å². The van der Waals surface area contributed by atoms with Crippen LogP contribution in [0.25, 0.3) is 0 Å². The van der Waals surface area contributed by atoms with Crippen LogP contribution < -0.4 is 10.6 Å². The highest BCUT2D eigenvalue weighted by atomic mass is 16.2. The lowest BCUT2D eigenvalue weighted by Crippen LogP contribution is -2.44. The van der Waals surface area contributed by atoms with Crippen molar-refractivity contribution in [2.24, 2.45) is 11.3 Å². The molecule has 0 aromatic heterocycles. The maximum atomic E-state index is 13.0. The topological polar surface area (TPSA) is 46.3 Å². The van der Waals surface area contributed by atoms with Crippen molar-refractivity contribution in [1.29, 1.82) is 0 Å². The summed E-state index contributed by atoms with van der Waals surface area (Å²) in [5, 5.41) is 0. The molecule has 0 saturated heterocycles. The summed E-state index contributed by atoms with van der Waals surface area (Å²) in [6.07, 6.45) is 4.51. The van der Waals surface area contributed by atoms with Crippen molar-refractivity contribution in [2.75, 3.05) is 17.2 Å². The predicted octanol–water partition coefficient (Wildman–Crippen LogP) is 3.84. The van der Waals surface area contributed by atoms with E-state index in [1.807, 2.05) is 36.1 Å². The van der Waals surface area contributed by atoms with Gasteiger partial charge in [-0.25, -0.2) is 0 Å². The van der Waals surface area contributed by atoms with Crippen molar-refractivity contribution in [3.63, 3.8) is 0 Å². The second-order valence-corrected chi connectivity index (χ2v) is 6.43. The number of nitrogens with two attached hydrogens (primary N) is 1. The zero-order valence-corrected chi connectivity index (χ0v) is 12.9. The number of hydrogen-bond acceptors (Lipinski definition) is 2. The van der Waals surface area contributed by atoms with Crippen LogP contribution in [0.4, 0.5) is 11.4 Å². The van der Waals surface area contributed by atoms with Crippen molar-refractivity contribution in [3.8, 4) is 0 Å². The van der Waals surface area contributed by atoms with Gasteiger partial charge in [-0.2, -0.15) is 0 Å². The molecule has 0 aliphatic heterocycles. The lowest BCUT2D eigenvalue weighted by Gasteiger charge is -2.40. The fourth-order valence-electron chi connectivity index (χ4n) is 3.32. The van der Waals surface area contributed by atoms with Gasteiger partial charge >= 0.3 is 0 Å². The average Bonchev–Trinajstić information content (AvgIpc) is 2.41. The number of anilines is 2. The highest BCUT2D eigenvalue weighted by molar-refractivity contribution is 5.98. The molecule has 1 atom stereocenters. The molecule has 3 nitrogen and oxygen atoms in total. The van der Waals surface area contributed by atoms with E-state index in [1.165, 1.54) is 6.42 Å². The van der Waals surface area contributed by atoms with Crippen LogP contribution in [0.5, 0.6) is 0 Å². The summed E-state index contributed by atoms with van der Waals surface area (Å²) in [5.74, 6) is 0.339. The Kier molecular flexibility index (Phi) is 4.36. The molecule has 1 aromatic carbocycles. The van der Waals surface area contributed by atoms with Gasteiger partial charge in [0.2, 0.25) is 5.91 Å². The predicted molar refractivity (Wildman–Crippen MR) is 84.6 cm³/mol. The second-order valence-electron chi connectivity index (χ2n) is 6.43. The summed E-state index contributed by atoms with van der Waals surface area (Å²) in [5.41, 5.74) is 7.65. The monoisotopic (exact) mass is 274 g/mol. The number of amides is 1. The van der Waals surface area contributed by atoms with Crippen LogP contribution >= 0.6 is 0 Å². The number of rotatable bonds is 3. The maximum Gasteiger partial charge on any atom is 0.230 e. The Labute approximate surface area is 122 Å². The van der Waals surface area contributed by atoms with Crippen molar-refractivity contribution >= 4 is 17.3 Å². The van der Waals surface area contributed by atoms with Gasteiger partial charge in [-0.05, 0) is 37.3 Å². The highest BCUT2D eigenvalue weighted by Gasteiger charge is 2.39. The van der Waals surface area contributed by atoms with Crippen LogP contribution in [-0.2, 0) is 4.79 Å². The normalized spacial score (nSPS) is 21.4. The minimum Gasteiger partial charge on any atom is -0.397 e. The molecule has 1 aliphatic carbocycles. The summed E-state index contributed by atoms with van der Waals surface area (Å²) in [6.45, 7) is 7.12. The Morgan fingerprint density at radius 1 is 1.35 bits per heavy atom. The van der Waals surface area contributed by atoms with Crippen LogP contribution in [0.1, 0.15) is 46.5 Å². The van der Waals surface area contributed by atoms with Gasteiger partial charge < -0.3 is 10.6 Å². The molecule has 2 rings (SSSR count). The Hall–Kier alpha value is -1.51. The number of para-hydroxylation sites is 2.